The molecule has 0 bridgehead atoms. The second kappa shape index (κ2) is 7.70. The Bertz CT molecular complexity index is 950. The van der Waals surface area contributed by atoms with E-state index < -0.39 is 27.8 Å². The van der Waals surface area contributed by atoms with Crippen molar-refractivity contribution >= 4 is 27.4 Å². The highest BCUT2D eigenvalue weighted by atomic mass is 32.2. The first-order chi connectivity index (χ1) is 12.1. The van der Waals surface area contributed by atoms with Gasteiger partial charge in [0.1, 0.15) is 0 Å². The third-order valence-electron chi connectivity index (χ3n) is 3.80. The quantitative estimate of drug-likeness (QED) is 0.812. The average molecular weight is 375 g/mol. The lowest BCUT2D eigenvalue weighted by molar-refractivity contribution is -0.123. The molecule has 0 saturated heterocycles. The molecule has 0 fully saturated rings. The number of sulfone groups is 1. The van der Waals surface area contributed by atoms with Crippen LogP contribution in [0.15, 0.2) is 47.4 Å². The second-order valence-corrected chi connectivity index (χ2v) is 8.11. The maximum Gasteiger partial charge on any atom is 0.340 e. The summed E-state index contributed by atoms with van der Waals surface area (Å²) in [4.78, 5) is 24.5. The first kappa shape index (κ1) is 19.7. The van der Waals surface area contributed by atoms with E-state index in [4.69, 9.17) is 4.74 Å². The SMILES string of the molecule is Cc1ccc(NC(=O)C(C)OC(=O)c2ccccc2S(C)(=O)=O)c(C)c1. The van der Waals surface area contributed by atoms with Gasteiger partial charge in [0, 0.05) is 11.9 Å². The van der Waals surface area contributed by atoms with Gasteiger partial charge in [0.2, 0.25) is 0 Å². The summed E-state index contributed by atoms with van der Waals surface area (Å²) in [6.45, 7) is 5.24. The van der Waals surface area contributed by atoms with Crippen LogP contribution in [0.3, 0.4) is 0 Å². The van der Waals surface area contributed by atoms with Crippen LogP contribution in [0.5, 0.6) is 0 Å². The van der Waals surface area contributed by atoms with Crippen molar-refractivity contribution in [3.8, 4) is 0 Å². The highest BCUT2D eigenvalue weighted by Crippen LogP contribution is 2.19. The van der Waals surface area contributed by atoms with Gasteiger partial charge in [0.15, 0.2) is 15.9 Å². The highest BCUT2D eigenvalue weighted by molar-refractivity contribution is 7.90. The van der Waals surface area contributed by atoms with Crippen molar-refractivity contribution in [1.29, 1.82) is 0 Å². The molecule has 1 amide bonds. The first-order valence-electron chi connectivity index (χ1n) is 7.98. The Labute approximate surface area is 153 Å². The van der Waals surface area contributed by atoms with Gasteiger partial charge in [0.25, 0.3) is 5.91 Å². The number of esters is 1. The normalized spacial score (nSPS) is 12.3. The Morgan fingerprint density at radius 3 is 2.35 bits per heavy atom. The fourth-order valence-electron chi connectivity index (χ4n) is 2.42. The van der Waals surface area contributed by atoms with Crippen LogP contribution in [0, 0.1) is 13.8 Å². The molecule has 6 nitrogen and oxygen atoms in total. The molecule has 2 rings (SSSR count). The largest absolute Gasteiger partial charge is 0.449 e. The molecule has 0 heterocycles. The van der Waals surface area contributed by atoms with E-state index >= 15 is 0 Å². The molecular weight excluding hydrogens is 354 g/mol. The summed E-state index contributed by atoms with van der Waals surface area (Å²) in [5, 5.41) is 2.70. The van der Waals surface area contributed by atoms with E-state index in [1.165, 1.54) is 31.2 Å². The lowest BCUT2D eigenvalue weighted by atomic mass is 10.1. The molecule has 0 aromatic heterocycles. The summed E-state index contributed by atoms with van der Waals surface area (Å²) in [5.74, 6) is -1.36. The van der Waals surface area contributed by atoms with E-state index in [-0.39, 0.29) is 10.5 Å². The highest BCUT2D eigenvalue weighted by Gasteiger charge is 2.24. The van der Waals surface area contributed by atoms with Crippen LogP contribution in [0.2, 0.25) is 0 Å². The maximum atomic E-state index is 12.3. The summed E-state index contributed by atoms with van der Waals surface area (Å²) >= 11 is 0. The number of hydrogen-bond donors (Lipinski definition) is 1. The van der Waals surface area contributed by atoms with E-state index in [0.717, 1.165) is 17.4 Å². The molecule has 0 aliphatic carbocycles. The minimum Gasteiger partial charge on any atom is -0.449 e. The van der Waals surface area contributed by atoms with E-state index in [9.17, 15) is 18.0 Å². The number of ether oxygens (including phenoxy) is 1. The summed E-state index contributed by atoms with van der Waals surface area (Å²) < 4.78 is 28.7. The lowest BCUT2D eigenvalue weighted by Crippen LogP contribution is -2.30. The number of amides is 1. The third-order valence-corrected chi connectivity index (χ3v) is 4.95. The predicted octanol–water partition coefficient (Wildman–Crippen LogP) is 2.89. The van der Waals surface area contributed by atoms with Gasteiger partial charge >= 0.3 is 5.97 Å². The maximum absolute atomic E-state index is 12.3. The molecule has 1 atom stereocenters. The number of aryl methyl sites for hydroxylation is 2. The molecular formula is C19H21NO5S. The van der Waals surface area contributed by atoms with Crippen molar-refractivity contribution in [3.05, 3.63) is 59.2 Å². The Kier molecular flexibility index (Phi) is 5.82. The third kappa shape index (κ3) is 4.70. The smallest absolute Gasteiger partial charge is 0.340 e. The summed E-state index contributed by atoms with van der Waals surface area (Å²) in [6.07, 6.45) is -0.0779. The van der Waals surface area contributed by atoms with E-state index in [1.807, 2.05) is 26.0 Å². The minimum atomic E-state index is -3.59. The number of anilines is 1. The van der Waals surface area contributed by atoms with E-state index in [1.54, 1.807) is 6.07 Å². The van der Waals surface area contributed by atoms with Gasteiger partial charge in [-0.2, -0.15) is 0 Å². The molecule has 0 aliphatic heterocycles. The number of rotatable bonds is 5. The topological polar surface area (TPSA) is 89.5 Å². The Morgan fingerprint density at radius 1 is 1.08 bits per heavy atom. The number of carbonyl (C=O) groups excluding carboxylic acids is 2. The Morgan fingerprint density at radius 2 is 1.73 bits per heavy atom. The molecule has 2 aromatic rings. The fraction of sp³-hybridized carbons (Fsp3) is 0.263. The van der Waals surface area contributed by atoms with Gasteiger partial charge in [-0.25, -0.2) is 13.2 Å². The van der Waals surface area contributed by atoms with Gasteiger partial charge < -0.3 is 10.1 Å². The van der Waals surface area contributed by atoms with Crippen LogP contribution < -0.4 is 5.32 Å². The molecule has 26 heavy (non-hydrogen) atoms. The summed E-state index contributed by atoms with van der Waals surface area (Å²) in [7, 11) is -3.59. The van der Waals surface area contributed by atoms with Gasteiger partial charge in [-0.05, 0) is 44.5 Å². The standard InChI is InChI=1S/C19H21NO5S/c1-12-9-10-16(13(2)11-12)20-18(21)14(3)25-19(22)15-7-5-6-8-17(15)26(4,23)24/h5-11,14H,1-4H3,(H,20,21). The average Bonchev–Trinajstić information content (AvgIpc) is 2.56. The zero-order valence-corrected chi connectivity index (χ0v) is 15.9. The van der Waals surface area contributed by atoms with Crippen molar-refractivity contribution < 1.29 is 22.7 Å². The van der Waals surface area contributed by atoms with Gasteiger partial charge in [0.05, 0.1) is 10.5 Å². The monoisotopic (exact) mass is 375 g/mol. The Balaban J connectivity index is 2.13. The van der Waals surface area contributed by atoms with Crippen LogP contribution >= 0.6 is 0 Å². The number of nitrogens with one attached hydrogen (secondary N) is 1. The van der Waals surface area contributed by atoms with Crippen molar-refractivity contribution in [3.63, 3.8) is 0 Å². The number of carbonyl (C=O) groups is 2. The molecule has 138 valence electrons. The molecule has 1 unspecified atom stereocenters. The fourth-order valence-corrected chi connectivity index (χ4v) is 3.30. The second-order valence-electron chi connectivity index (χ2n) is 6.12. The van der Waals surface area contributed by atoms with Gasteiger partial charge in [-0.1, -0.05) is 29.8 Å². The van der Waals surface area contributed by atoms with Crippen molar-refractivity contribution in [2.75, 3.05) is 11.6 Å². The number of benzene rings is 2. The predicted molar refractivity (Wildman–Crippen MR) is 99.0 cm³/mol. The molecule has 0 spiro atoms. The molecule has 0 saturated carbocycles. The summed E-state index contributed by atoms with van der Waals surface area (Å²) in [6, 6.07) is 11.3. The van der Waals surface area contributed by atoms with Crippen molar-refractivity contribution in [2.45, 2.75) is 31.8 Å². The molecule has 0 aliphatic rings. The molecule has 1 N–H and O–H groups in total. The van der Waals surface area contributed by atoms with Gasteiger partial charge in [-0.15, -0.1) is 0 Å². The van der Waals surface area contributed by atoms with Crippen molar-refractivity contribution in [2.24, 2.45) is 0 Å². The van der Waals surface area contributed by atoms with Crippen LogP contribution in [0.25, 0.3) is 0 Å². The molecule has 7 heteroatoms. The van der Waals surface area contributed by atoms with E-state index in [2.05, 4.69) is 5.32 Å². The minimum absolute atomic E-state index is 0.0961. The zero-order chi connectivity index (χ0) is 19.5. The Hall–Kier alpha value is -2.67. The van der Waals surface area contributed by atoms with Crippen LogP contribution in [-0.2, 0) is 19.4 Å². The van der Waals surface area contributed by atoms with Crippen molar-refractivity contribution in [1.82, 2.24) is 0 Å². The first-order valence-corrected chi connectivity index (χ1v) is 9.87. The van der Waals surface area contributed by atoms with Crippen LogP contribution in [0.4, 0.5) is 5.69 Å². The van der Waals surface area contributed by atoms with E-state index in [0.29, 0.717) is 5.69 Å². The lowest BCUT2D eigenvalue weighted by Gasteiger charge is -2.16. The molecule has 2 aromatic carbocycles. The number of hydrogen-bond acceptors (Lipinski definition) is 5. The van der Waals surface area contributed by atoms with Crippen LogP contribution in [0.1, 0.15) is 28.4 Å². The zero-order valence-electron chi connectivity index (χ0n) is 15.1. The molecule has 0 radical (unpaired) electrons. The van der Waals surface area contributed by atoms with Crippen LogP contribution in [-0.4, -0.2) is 32.7 Å². The summed E-state index contributed by atoms with van der Waals surface area (Å²) in [5.41, 5.74) is 2.48. The van der Waals surface area contributed by atoms with Gasteiger partial charge in [-0.3, -0.25) is 4.79 Å².